The van der Waals surface area contributed by atoms with Crippen LogP contribution in [-0.4, -0.2) is 44.3 Å². The molecule has 5 rings (SSSR count). The third-order valence-electron chi connectivity index (χ3n) is 7.08. The summed E-state index contributed by atoms with van der Waals surface area (Å²) in [5.41, 5.74) is 0.443. The molecule has 5 aliphatic rings. The summed E-state index contributed by atoms with van der Waals surface area (Å²) in [5.74, 6) is 3.51. The number of urea groups is 1. The van der Waals surface area contributed by atoms with Crippen LogP contribution in [0.25, 0.3) is 0 Å². The number of likely N-dealkylation sites (tertiary alicyclic amines) is 1. The molecule has 5 fully saturated rings. The minimum atomic E-state index is 0.177. The summed E-state index contributed by atoms with van der Waals surface area (Å²) in [5, 5.41) is 3.31. The zero-order valence-electron chi connectivity index (χ0n) is 14.6. The number of methoxy groups -OCH3 is 1. The van der Waals surface area contributed by atoms with Crippen molar-refractivity contribution < 1.29 is 9.53 Å². The number of carbonyl (C=O) groups is 1. The predicted octanol–water partition coefficient (Wildman–Crippen LogP) is 3.27. The van der Waals surface area contributed by atoms with Gasteiger partial charge >= 0.3 is 6.03 Å². The molecule has 4 nitrogen and oxygen atoms in total. The molecule has 0 aromatic rings. The van der Waals surface area contributed by atoms with Crippen molar-refractivity contribution in [2.75, 3.05) is 33.4 Å². The van der Waals surface area contributed by atoms with Crippen LogP contribution in [0.1, 0.15) is 51.4 Å². The van der Waals surface area contributed by atoms with Gasteiger partial charge in [-0.3, -0.25) is 0 Å². The van der Waals surface area contributed by atoms with Crippen LogP contribution in [0.2, 0.25) is 0 Å². The van der Waals surface area contributed by atoms with E-state index in [1.807, 2.05) is 4.90 Å². The number of nitrogens with one attached hydrogen (secondary N) is 1. The molecule has 0 spiro atoms. The van der Waals surface area contributed by atoms with Crippen LogP contribution in [0.5, 0.6) is 0 Å². The van der Waals surface area contributed by atoms with Crippen LogP contribution in [0.15, 0.2) is 0 Å². The molecule has 23 heavy (non-hydrogen) atoms. The van der Waals surface area contributed by atoms with Gasteiger partial charge < -0.3 is 15.0 Å². The molecule has 4 aliphatic carbocycles. The monoisotopic (exact) mass is 320 g/mol. The van der Waals surface area contributed by atoms with Crippen LogP contribution in [0.4, 0.5) is 4.79 Å². The molecule has 4 heteroatoms. The van der Waals surface area contributed by atoms with Crippen molar-refractivity contribution in [3.63, 3.8) is 0 Å². The van der Waals surface area contributed by atoms with Gasteiger partial charge in [-0.15, -0.1) is 0 Å². The Morgan fingerprint density at radius 1 is 1.09 bits per heavy atom. The smallest absolute Gasteiger partial charge is 0.317 e. The molecule has 1 aliphatic heterocycles. The molecule has 0 unspecified atom stereocenters. The van der Waals surface area contributed by atoms with Gasteiger partial charge in [0.15, 0.2) is 0 Å². The third-order valence-corrected chi connectivity index (χ3v) is 7.08. The Morgan fingerprint density at radius 2 is 1.65 bits per heavy atom. The molecular formula is C19H32N2O2. The second-order valence-corrected chi connectivity index (χ2v) is 8.96. The zero-order valence-corrected chi connectivity index (χ0v) is 14.6. The first-order valence-corrected chi connectivity index (χ1v) is 9.67. The quantitative estimate of drug-likeness (QED) is 0.864. The summed E-state index contributed by atoms with van der Waals surface area (Å²) in [6.07, 6.45) is 10.7. The molecule has 4 bridgehead atoms. The summed E-state index contributed by atoms with van der Waals surface area (Å²) < 4.78 is 5.24. The Morgan fingerprint density at radius 3 is 2.17 bits per heavy atom. The first kappa shape index (κ1) is 15.7. The third kappa shape index (κ3) is 3.24. The number of nitrogens with zero attached hydrogens (tertiary/aromatic N) is 1. The molecule has 130 valence electrons. The van der Waals surface area contributed by atoms with Gasteiger partial charge in [0.25, 0.3) is 0 Å². The summed E-state index contributed by atoms with van der Waals surface area (Å²) in [4.78, 5) is 14.6. The van der Waals surface area contributed by atoms with E-state index in [0.29, 0.717) is 11.3 Å². The first-order valence-electron chi connectivity index (χ1n) is 9.67. The lowest BCUT2D eigenvalue weighted by atomic mass is 9.49. The van der Waals surface area contributed by atoms with E-state index in [0.717, 1.165) is 56.8 Å². The molecule has 1 saturated heterocycles. The number of rotatable bonds is 4. The van der Waals surface area contributed by atoms with E-state index in [4.69, 9.17) is 4.74 Å². The Balaban J connectivity index is 1.27. The lowest BCUT2D eigenvalue weighted by Gasteiger charge is -2.57. The highest BCUT2D eigenvalue weighted by atomic mass is 16.5. The van der Waals surface area contributed by atoms with Gasteiger partial charge in [0.1, 0.15) is 0 Å². The lowest BCUT2D eigenvalue weighted by molar-refractivity contribution is -0.0503. The predicted molar refractivity (Wildman–Crippen MR) is 90.2 cm³/mol. The first-order chi connectivity index (χ1) is 11.2. The van der Waals surface area contributed by atoms with Gasteiger partial charge in [-0.1, -0.05) is 0 Å². The molecule has 1 heterocycles. The van der Waals surface area contributed by atoms with Crippen LogP contribution >= 0.6 is 0 Å². The van der Waals surface area contributed by atoms with E-state index >= 15 is 0 Å². The van der Waals surface area contributed by atoms with Crippen molar-refractivity contribution in [2.24, 2.45) is 29.1 Å². The number of piperidine rings is 1. The molecule has 0 atom stereocenters. The van der Waals surface area contributed by atoms with Crippen molar-refractivity contribution in [3.05, 3.63) is 0 Å². The summed E-state index contributed by atoms with van der Waals surface area (Å²) in [6, 6.07) is 0.177. The lowest BCUT2D eigenvalue weighted by Crippen LogP contribution is -2.53. The highest BCUT2D eigenvalue weighted by Crippen LogP contribution is 2.59. The highest BCUT2D eigenvalue weighted by molar-refractivity contribution is 5.74. The number of carbonyl (C=O) groups excluding carboxylic acids is 1. The number of ether oxygens (including phenoxy) is 1. The van der Waals surface area contributed by atoms with Gasteiger partial charge in [-0.2, -0.15) is 0 Å². The normalized spacial score (nSPS) is 39.7. The maximum atomic E-state index is 12.5. The Kier molecular flexibility index (Phi) is 4.29. The van der Waals surface area contributed by atoms with E-state index in [-0.39, 0.29) is 6.03 Å². The topological polar surface area (TPSA) is 41.6 Å². The van der Waals surface area contributed by atoms with Crippen molar-refractivity contribution in [3.8, 4) is 0 Å². The summed E-state index contributed by atoms with van der Waals surface area (Å²) in [6.45, 7) is 3.54. The molecule has 4 saturated carbocycles. The van der Waals surface area contributed by atoms with E-state index in [2.05, 4.69) is 5.32 Å². The fraction of sp³-hybridized carbons (Fsp3) is 0.947. The van der Waals surface area contributed by atoms with Crippen molar-refractivity contribution in [1.29, 1.82) is 0 Å². The number of hydrogen-bond donors (Lipinski definition) is 1. The molecule has 0 aromatic carbocycles. The van der Waals surface area contributed by atoms with Crippen LogP contribution in [-0.2, 0) is 4.74 Å². The largest absolute Gasteiger partial charge is 0.384 e. The van der Waals surface area contributed by atoms with E-state index < -0.39 is 0 Å². The van der Waals surface area contributed by atoms with E-state index in [1.54, 1.807) is 7.11 Å². The standard InChI is InChI=1S/C19H32N2O2/c1-23-12-14-2-4-21(5-3-14)18(22)20-13-19-9-15-6-16(10-19)8-17(7-15)11-19/h14-17H,2-13H2,1H3,(H,20,22). The summed E-state index contributed by atoms with van der Waals surface area (Å²) in [7, 11) is 1.77. The fourth-order valence-corrected chi connectivity index (χ4v) is 6.42. The Hall–Kier alpha value is -0.770. The van der Waals surface area contributed by atoms with Crippen molar-refractivity contribution >= 4 is 6.03 Å². The molecule has 1 N–H and O–H groups in total. The minimum absolute atomic E-state index is 0.177. The molecule has 2 amide bonds. The van der Waals surface area contributed by atoms with Gasteiger partial charge in [0.05, 0.1) is 0 Å². The summed E-state index contributed by atoms with van der Waals surface area (Å²) >= 11 is 0. The molecular weight excluding hydrogens is 288 g/mol. The molecule has 0 aromatic heterocycles. The second kappa shape index (κ2) is 6.27. The average molecular weight is 320 g/mol. The maximum Gasteiger partial charge on any atom is 0.317 e. The molecule has 0 radical (unpaired) electrons. The van der Waals surface area contributed by atoms with Crippen LogP contribution in [0, 0.1) is 29.1 Å². The van der Waals surface area contributed by atoms with Crippen LogP contribution < -0.4 is 5.32 Å². The maximum absolute atomic E-state index is 12.5. The highest BCUT2D eigenvalue weighted by Gasteiger charge is 2.50. The van der Waals surface area contributed by atoms with Crippen molar-refractivity contribution in [1.82, 2.24) is 10.2 Å². The van der Waals surface area contributed by atoms with Gasteiger partial charge in [0.2, 0.25) is 0 Å². The van der Waals surface area contributed by atoms with Gasteiger partial charge in [0, 0.05) is 33.4 Å². The fourth-order valence-electron chi connectivity index (χ4n) is 6.42. The van der Waals surface area contributed by atoms with E-state index in [1.165, 1.54) is 38.5 Å². The number of hydrogen-bond acceptors (Lipinski definition) is 2. The second-order valence-electron chi connectivity index (χ2n) is 8.96. The Labute approximate surface area is 140 Å². The van der Waals surface area contributed by atoms with Crippen molar-refractivity contribution in [2.45, 2.75) is 51.4 Å². The van der Waals surface area contributed by atoms with E-state index in [9.17, 15) is 4.79 Å². The number of amides is 2. The Bertz CT molecular complexity index is 407. The van der Waals surface area contributed by atoms with Gasteiger partial charge in [-0.25, -0.2) is 4.79 Å². The van der Waals surface area contributed by atoms with Gasteiger partial charge in [-0.05, 0) is 80.5 Å². The SMILES string of the molecule is COCC1CCN(C(=O)NCC23CC4CC(CC(C4)C2)C3)CC1. The minimum Gasteiger partial charge on any atom is -0.384 e. The van der Waals surface area contributed by atoms with Crippen LogP contribution in [0.3, 0.4) is 0 Å². The zero-order chi connectivity index (χ0) is 15.9. The average Bonchev–Trinajstić information content (AvgIpc) is 2.52.